The summed E-state index contributed by atoms with van der Waals surface area (Å²) in [5.41, 5.74) is 7.92. The van der Waals surface area contributed by atoms with E-state index in [-0.39, 0.29) is 0 Å². The summed E-state index contributed by atoms with van der Waals surface area (Å²) in [4.78, 5) is 6.76. The van der Waals surface area contributed by atoms with Crippen molar-refractivity contribution in [3.05, 3.63) is 29.6 Å². The van der Waals surface area contributed by atoms with Gasteiger partial charge in [-0.3, -0.25) is 9.88 Å². The van der Waals surface area contributed by atoms with Crippen molar-refractivity contribution in [2.75, 3.05) is 13.1 Å². The number of nitrogens with zero attached hydrogens (tertiary/aromatic N) is 2. The molecule has 0 atom stereocenters. The van der Waals surface area contributed by atoms with Crippen LogP contribution in [0.3, 0.4) is 0 Å². The maximum absolute atomic E-state index is 5.63. The summed E-state index contributed by atoms with van der Waals surface area (Å²) in [5.74, 6) is 1.39. The molecule has 0 saturated carbocycles. The summed E-state index contributed by atoms with van der Waals surface area (Å²) in [6, 6.07) is 4.21. The van der Waals surface area contributed by atoms with Crippen LogP contribution in [0.1, 0.15) is 39.0 Å². The summed E-state index contributed by atoms with van der Waals surface area (Å²) in [6.45, 7) is 12.9. The van der Waals surface area contributed by atoms with E-state index in [4.69, 9.17) is 5.73 Å². The first-order valence-corrected chi connectivity index (χ1v) is 6.87. The standard InChI is InChI=1S/C15H27N3/c1-12(2)9-18(10-13(3)4)11-14-5-6-17-15(7-14)8-16/h5-7,12-13H,8-11,16H2,1-4H3. The van der Waals surface area contributed by atoms with Gasteiger partial charge in [-0.25, -0.2) is 0 Å². The first kappa shape index (κ1) is 15.1. The molecular formula is C15H27N3. The summed E-state index contributed by atoms with van der Waals surface area (Å²) < 4.78 is 0. The fourth-order valence-corrected chi connectivity index (χ4v) is 2.23. The van der Waals surface area contributed by atoms with Gasteiger partial charge in [-0.05, 0) is 29.5 Å². The van der Waals surface area contributed by atoms with Gasteiger partial charge in [0.1, 0.15) is 0 Å². The molecule has 102 valence electrons. The molecule has 0 aliphatic rings. The molecule has 0 aliphatic heterocycles. The molecule has 0 fully saturated rings. The van der Waals surface area contributed by atoms with E-state index in [1.165, 1.54) is 5.56 Å². The predicted octanol–water partition coefficient (Wildman–Crippen LogP) is 2.65. The third kappa shape index (κ3) is 5.61. The van der Waals surface area contributed by atoms with Gasteiger partial charge in [-0.15, -0.1) is 0 Å². The number of nitrogens with two attached hydrogens (primary N) is 1. The molecule has 0 aromatic carbocycles. The van der Waals surface area contributed by atoms with Crippen molar-refractivity contribution in [1.29, 1.82) is 0 Å². The second kappa shape index (κ2) is 7.49. The molecule has 1 aromatic heterocycles. The molecule has 1 heterocycles. The Kier molecular flexibility index (Phi) is 6.30. The second-order valence-electron chi connectivity index (χ2n) is 5.84. The van der Waals surface area contributed by atoms with Gasteiger partial charge in [-0.1, -0.05) is 27.7 Å². The van der Waals surface area contributed by atoms with Crippen molar-refractivity contribution in [3.8, 4) is 0 Å². The zero-order valence-corrected chi connectivity index (χ0v) is 12.2. The first-order chi connectivity index (χ1) is 8.51. The normalized spacial score (nSPS) is 11.8. The van der Waals surface area contributed by atoms with Crippen LogP contribution in [0.2, 0.25) is 0 Å². The van der Waals surface area contributed by atoms with Gasteiger partial charge in [0.15, 0.2) is 0 Å². The molecule has 0 aliphatic carbocycles. The minimum atomic E-state index is 0.516. The van der Waals surface area contributed by atoms with Crippen LogP contribution < -0.4 is 5.73 Å². The average Bonchev–Trinajstić information content (AvgIpc) is 2.27. The van der Waals surface area contributed by atoms with E-state index in [0.717, 1.165) is 25.3 Å². The van der Waals surface area contributed by atoms with E-state index in [0.29, 0.717) is 18.4 Å². The van der Waals surface area contributed by atoms with Gasteiger partial charge in [0.2, 0.25) is 0 Å². The van der Waals surface area contributed by atoms with E-state index in [1.54, 1.807) is 0 Å². The fourth-order valence-electron chi connectivity index (χ4n) is 2.23. The van der Waals surface area contributed by atoms with Crippen molar-refractivity contribution in [3.63, 3.8) is 0 Å². The minimum absolute atomic E-state index is 0.516. The Morgan fingerprint density at radius 2 is 1.78 bits per heavy atom. The molecule has 0 unspecified atom stereocenters. The van der Waals surface area contributed by atoms with Crippen molar-refractivity contribution >= 4 is 0 Å². The second-order valence-corrected chi connectivity index (χ2v) is 5.84. The van der Waals surface area contributed by atoms with Crippen LogP contribution in [0.25, 0.3) is 0 Å². The van der Waals surface area contributed by atoms with Gasteiger partial charge in [0, 0.05) is 32.4 Å². The highest BCUT2D eigenvalue weighted by Gasteiger charge is 2.10. The maximum atomic E-state index is 5.63. The molecule has 18 heavy (non-hydrogen) atoms. The van der Waals surface area contributed by atoms with E-state index in [9.17, 15) is 0 Å². The van der Waals surface area contributed by atoms with Crippen LogP contribution in [0.15, 0.2) is 18.3 Å². The van der Waals surface area contributed by atoms with Crippen molar-refractivity contribution in [2.24, 2.45) is 17.6 Å². The minimum Gasteiger partial charge on any atom is -0.325 e. The Labute approximate surface area is 111 Å². The van der Waals surface area contributed by atoms with Crippen LogP contribution in [-0.4, -0.2) is 23.0 Å². The average molecular weight is 249 g/mol. The monoisotopic (exact) mass is 249 g/mol. The molecular weight excluding hydrogens is 222 g/mol. The molecule has 2 N–H and O–H groups in total. The molecule has 3 heteroatoms. The lowest BCUT2D eigenvalue weighted by Gasteiger charge is -2.26. The predicted molar refractivity (Wildman–Crippen MR) is 77.1 cm³/mol. The third-order valence-corrected chi connectivity index (χ3v) is 2.74. The smallest absolute Gasteiger partial charge is 0.0542 e. The van der Waals surface area contributed by atoms with Crippen molar-refractivity contribution in [1.82, 2.24) is 9.88 Å². The van der Waals surface area contributed by atoms with Gasteiger partial charge in [0.25, 0.3) is 0 Å². The molecule has 1 rings (SSSR count). The van der Waals surface area contributed by atoms with Crippen LogP contribution in [-0.2, 0) is 13.1 Å². The Morgan fingerprint density at radius 3 is 2.28 bits per heavy atom. The highest BCUT2D eigenvalue weighted by atomic mass is 15.1. The number of hydrogen-bond donors (Lipinski definition) is 1. The van der Waals surface area contributed by atoms with Gasteiger partial charge in [0.05, 0.1) is 5.69 Å². The zero-order valence-electron chi connectivity index (χ0n) is 12.2. The molecule has 3 nitrogen and oxygen atoms in total. The third-order valence-electron chi connectivity index (χ3n) is 2.74. The molecule has 0 radical (unpaired) electrons. The van der Waals surface area contributed by atoms with Gasteiger partial charge < -0.3 is 5.73 Å². The Bertz CT molecular complexity index is 337. The largest absolute Gasteiger partial charge is 0.325 e. The lowest BCUT2D eigenvalue weighted by Crippen LogP contribution is -2.31. The summed E-state index contributed by atoms with van der Waals surface area (Å²) in [6.07, 6.45) is 1.86. The van der Waals surface area contributed by atoms with Crippen LogP contribution in [0.4, 0.5) is 0 Å². The van der Waals surface area contributed by atoms with E-state index in [1.807, 2.05) is 6.20 Å². The van der Waals surface area contributed by atoms with Gasteiger partial charge in [-0.2, -0.15) is 0 Å². The zero-order chi connectivity index (χ0) is 13.5. The highest BCUT2D eigenvalue weighted by molar-refractivity contribution is 5.16. The Balaban J connectivity index is 2.68. The summed E-state index contributed by atoms with van der Waals surface area (Å²) >= 11 is 0. The molecule has 0 spiro atoms. The van der Waals surface area contributed by atoms with Crippen LogP contribution >= 0.6 is 0 Å². The Morgan fingerprint density at radius 1 is 1.17 bits per heavy atom. The fraction of sp³-hybridized carbons (Fsp3) is 0.667. The number of aromatic nitrogens is 1. The molecule has 0 bridgehead atoms. The van der Waals surface area contributed by atoms with E-state index >= 15 is 0 Å². The van der Waals surface area contributed by atoms with Crippen molar-refractivity contribution in [2.45, 2.75) is 40.8 Å². The van der Waals surface area contributed by atoms with Crippen molar-refractivity contribution < 1.29 is 0 Å². The quantitative estimate of drug-likeness (QED) is 0.808. The SMILES string of the molecule is CC(C)CN(Cc1ccnc(CN)c1)CC(C)C. The molecule has 0 amide bonds. The van der Waals surface area contributed by atoms with Crippen LogP contribution in [0, 0.1) is 11.8 Å². The number of hydrogen-bond acceptors (Lipinski definition) is 3. The lowest BCUT2D eigenvalue weighted by molar-refractivity contribution is 0.211. The summed E-state index contributed by atoms with van der Waals surface area (Å²) in [5, 5.41) is 0. The molecule has 0 saturated heterocycles. The molecule has 1 aromatic rings. The summed E-state index contributed by atoms with van der Waals surface area (Å²) in [7, 11) is 0. The van der Waals surface area contributed by atoms with E-state index < -0.39 is 0 Å². The van der Waals surface area contributed by atoms with Crippen LogP contribution in [0.5, 0.6) is 0 Å². The van der Waals surface area contributed by atoms with Gasteiger partial charge >= 0.3 is 0 Å². The topological polar surface area (TPSA) is 42.2 Å². The van der Waals surface area contributed by atoms with E-state index in [2.05, 4.69) is 49.7 Å². The lowest BCUT2D eigenvalue weighted by atomic mass is 10.1. The highest BCUT2D eigenvalue weighted by Crippen LogP contribution is 2.10. The number of pyridine rings is 1. The Hall–Kier alpha value is -0.930. The number of rotatable bonds is 7. The first-order valence-electron chi connectivity index (χ1n) is 6.87. The maximum Gasteiger partial charge on any atom is 0.0542 e.